The van der Waals surface area contributed by atoms with Crippen molar-refractivity contribution < 1.29 is 107 Å². The molecule has 3 aromatic rings. The number of para-hydroxylation sites is 1. The van der Waals surface area contributed by atoms with Crippen LogP contribution in [0.25, 0.3) is 0 Å². The topological polar surface area (TPSA) is 655 Å². The van der Waals surface area contributed by atoms with E-state index in [1.54, 1.807) is 18.5 Å². The Balaban J connectivity index is 1.74. The average Bonchev–Trinajstić information content (AvgIpc) is 1.14. The second kappa shape index (κ2) is 50.7. The van der Waals surface area contributed by atoms with E-state index in [9.17, 15) is 107 Å². The van der Waals surface area contributed by atoms with Crippen LogP contribution >= 0.6 is 0 Å². The number of amides is 13. The third-order valence-electron chi connectivity index (χ3n) is 16.0. The lowest BCUT2D eigenvalue weighted by molar-refractivity contribution is -0.143. The lowest BCUT2D eigenvalue weighted by Crippen LogP contribution is -2.59. The normalized spacial score (nSPS) is 12.6. The Morgan fingerprint density at radius 2 is 0.844 bits per heavy atom. The number of carbonyl (C=O) groups excluding carboxylic acids is 13. The van der Waals surface area contributed by atoms with Gasteiger partial charge in [-0.15, -0.1) is 0 Å². The van der Waals surface area contributed by atoms with Gasteiger partial charge in [-0.2, -0.15) is 0 Å². The molecular weight excluding hydrogens is 1440 g/mol. The molecule has 6 atom stereocenters. The highest BCUT2D eigenvalue weighted by Gasteiger charge is 2.32. The number of rotatable bonds is 57. The number of carboxylic acid groups (broad SMARTS) is 4. The summed E-state index contributed by atoms with van der Waals surface area (Å²) in [5.41, 5.74) is 13.6. The van der Waals surface area contributed by atoms with Gasteiger partial charge in [0.1, 0.15) is 36.0 Å². The number of aromatic hydroxyl groups is 1. The summed E-state index contributed by atoms with van der Waals surface area (Å²) in [5.74, 6) is -15.7. The Bertz CT molecular complexity index is 3490. The van der Waals surface area contributed by atoms with Crippen LogP contribution in [0.5, 0.6) is 5.75 Å². The van der Waals surface area contributed by atoms with Gasteiger partial charge >= 0.3 is 23.9 Å². The number of nitrogens with zero attached hydrogens (tertiary/aromatic N) is 5. The molecule has 1 unspecified atom stereocenters. The van der Waals surface area contributed by atoms with Crippen LogP contribution in [0, 0.1) is 0 Å². The molecule has 109 heavy (non-hydrogen) atoms. The molecule has 23 N–H and O–H groups in total. The van der Waals surface area contributed by atoms with Gasteiger partial charge in [-0.3, -0.25) is 96.2 Å². The largest absolute Gasteiger partial charge is 0.508 e. The Labute approximate surface area is 625 Å². The third kappa shape index (κ3) is 41.1. The van der Waals surface area contributed by atoms with Crippen molar-refractivity contribution in [1.29, 1.82) is 0 Å². The van der Waals surface area contributed by atoms with E-state index in [-0.39, 0.29) is 133 Å². The number of phenols is 1. The lowest BCUT2D eigenvalue weighted by Gasteiger charge is -2.28. The molecule has 13 amide bonds. The molecule has 0 fully saturated rings. The van der Waals surface area contributed by atoms with Crippen LogP contribution in [0.15, 0.2) is 49.3 Å². The molecule has 1 aromatic carbocycles. The molecule has 43 heteroatoms. The van der Waals surface area contributed by atoms with E-state index in [2.05, 4.69) is 83.7 Å². The quantitative estimate of drug-likeness (QED) is 0.0234. The van der Waals surface area contributed by atoms with Crippen molar-refractivity contribution in [2.75, 3.05) is 105 Å². The van der Waals surface area contributed by atoms with Crippen LogP contribution in [0.1, 0.15) is 107 Å². The Kier molecular flexibility index (Phi) is 42.6. The fraction of sp³-hybridized carbons (Fsp3) is 0.561. The number of H-pyrrole nitrogens is 2. The van der Waals surface area contributed by atoms with Crippen LogP contribution in [0.4, 0.5) is 0 Å². The second-order valence-corrected chi connectivity index (χ2v) is 25.1. The molecule has 0 saturated heterocycles. The van der Waals surface area contributed by atoms with Gasteiger partial charge in [-0.25, -0.2) is 9.97 Å². The average molecular weight is 1540 g/mol. The summed E-state index contributed by atoms with van der Waals surface area (Å²) in [6.45, 7) is -3.31. The van der Waals surface area contributed by atoms with E-state index in [1.807, 2.05) is 0 Å². The minimum Gasteiger partial charge on any atom is -0.508 e. The standard InChI is InChI=1S/C66H101N21O22/c1-40(63(106)83-46(62(68)105)10-5-7-19-71-55(94)31-76-52(91)15-13-50(89)73-21-17-42-28-69-38-78-42)80-65(108)47(11-6-8-20-72-56(95)32-77-53(92)16-14-51(90)74-22-18-43-29-70-39-79-43)84-64(107)41(2)81-66(109)48(30-75-54(93)27-45(67)44-9-3-4-12-49(44)88)82-57(96)33-86(35-59(99)100)25-23-85(34-58(97)98)24-26-87(36-60(101)102)37-61(103)104/h3-4,9,12,28-29,38-41,45-48,88H,5-8,10-11,13-27,30-37,67H2,1-2H3,(H2,68,105)(H,69,78)(H,70,79)(H,71,94)(H,72,95)(H,73,89)(H,74,90)(H,75,93)(H,76,91)(H,77,92)(H,80,108)(H,81,109)(H,82,96)(H,83,106)(H,84,107)(H,97,98)(H,99,100)(H,101,102)(H,103,104)/t40-,41-,45?,46-,47-,48+/m1/s1. The SMILES string of the molecule is C[C@@H](NC(=O)[C@H](CNC(=O)CC(N)c1ccccc1O)NC(=O)CN(CCN(CCN(CC(=O)O)CC(=O)O)CC(=O)O)CC(=O)O)C(=O)N[C@H](CCCCNC(=O)CNC(=O)CCC(=O)NCCc1cnc[nH]1)C(=O)N[C@H](C)C(=O)N[C@H](CCCCNC(=O)CNC(=O)CCC(=O)NCCc1cnc[nH]1)C(N)=O. The number of phenolic OH excluding ortho intramolecular Hbond substituents is 1. The molecule has 0 aliphatic rings. The van der Waals surface area contributed by atoms with E-state index in [1.165, 1.54) is 49.6 Å². The van der Waals surface area contributed by atoms with E-state index >= 15 is 0 Å². The highest BCUT2D eigenvalue weighted by Crippen LogP contribution is 2.24. The van der Waals surface area contributed by atoms with E-state index < -0.39 is 177 Å². The maximum atomic E-state index is 14.2. The Morgan fingerprint density at radius 3 is 1.28 bits per heavy atom. The number of primary amides is 1. The van der Waals surface area contributed by atoms with Crippen LogP contribution < -0.4 is 75.3 Å². The fourth-order valence-electron chi connectivity index (χ4n) is 10.2. The lowest BCUT2D eigenvalue weighted by atomic mass is 10.0. The highest BCUT2D eigenvalue weighted by atomic mass is 16.4. The van der Waals surface area contributed by atoms with Crippen molar-refractivity contribution in [1.82, 2.24) is 98.4 Å². The van der Waals surface area contributed by atoms with Gasteiger partial charge in [-0.05, 0) is 58.4 Å². The molecule has 0 saturated carbocycles. The van der Waals surface area contributed by atoms with E-state index in [0.717, 1.165) is 21.2 Å². The summed E-state index contributed by atoms with van der Waals surface area (Å²) in [6, 6.07) is -2.84. The van der Waals surface area contributed by atoms with Gasteiger partial charge in [0, 0.05) is 139 Å². The number of benzene rings is 1. The summed E-state index contributed by atoms with van der Waals surface area (Å²) >= 11 is 0. The molecule has 2 heterocycles. The molecular formula is C66H101N21O22. The van der Waals surface area contributed by atoms with Crippen molar-refractivity contribution in [3.63, 3.8) is 0 Å². The summed E-state index contributed by atoms with van der Waals surface area (Å²) in [6.07, 6.45) is 6.60. The zero-order valence-corrected chi connectivity index (χ0v) is 60.7. The summed E-state index contributed by atoms with van der Waals surface area (Å²) in [7, 11) is 0. The van der Waals surface area contributed by atoms with Crippen LogP contribution in [0.3, 0.4) is 0 Å². The number of hydrogen-bond donors (Lipinski definition) is 21. The third-order valence-corrected chi connectivity index (χ3v) is 16.0. The smallest absolute Gasteiger partial charge is 0.317 e. The van der Waals surface area contributed by atoms with Gasteiger partial charge in [0.25, 0.3) is 0 Å². The predicted octanol–water partition coefficient (Wildman–Crippen LogP) is -7.38. The molecule has 0 aliphatic heterocycles. The molecule has 602 valence electrons. The number of carbonyl (C=O) groups is 17. The first-order chi connectivity index (χ1) is 51.8. The van der Waals surface area contributed by atoms with Gasteiger partial charge < -0.3 is 111 Å². The molecule has 0 spiro atoms. The maximum absolute atomic E-state index is 14.2. The number of hydrogen-bond acceptors (Lipinski definition) is 24. The molecule has 0 bridgehead atoms. The Morgan fingerprint density at radius 1 is 0.440 bits per heavy atom. The monoisotopic (exact) mass is 1540 g/mol. The maximum Gasteiger partial charge on any atom is 0.317 e. The number of aromatic nitrogens is 4. The zero-order valence-electron chi connectivity index (χ0n) is 60.7. The highest BCUT2D eigenvalue weighted by molar-refractivity contribution is 5.97. The van der Waals surface area contributed by atoms with Crippen molar-refractivity contribution in [2.45, 2.75) is 134 Å². The fourth-order valence-corrected chi connectivity index (χ4v) is 10.2. The zero-order chi connectivity index (χ0) is 80.8. The minimum atomic E-state index is -1.78. The van der Waals surface area contributed by atoms with E-state index in [4.69, 9.17) is 11.5 Å². The van der Waals surface area contributed by atoms with Crippen molar-refractivity contribution in [3.05, 3.63) is 66.3 Å². The first kappa shape index (κ1) is 91.5. The van der Waals surface area contributed by atoms with Crippen molar-refractivity contribution in [3.8, 4) is 5.75 Å². The van der Waals surface area contributed by atoms with E-state index in [0.29, 0.717) is 25.9 Å². The number of nitrogens with one attached hydrogen (secondary N) is 14. The van der Waals surface area contributed by atoms with Gasteiger partial charge in [0.2, 0.25) is 76.8 Å². The number of carboxylic acids is 4. The Hall–Kier alpha value is -11.7. The summed E-state index contributed by atoms with van der Waals surface area (Å²) < 4.78 is 0. The minimum absolute atomic E-state index is 0.0232. The van der Waals surface area contributed by atoms with Crippen molar-refractivity contribution in [2.24, 2.45) is 11.5 Å². The number of imidazole rings is 2. The molecule has 2 aromatic heterocycles. The first-order valence-corrected chi connectivity index (χ1v) is 35.0. The summed E-state index contributed by atoms with van der Waals surface area (Å²) in [4.78, 5) is 234. The van der Waals surface area contributed by atoms with Crippen LogP contribution in [-0.4, -0.2) is 296 Å². The first-order valence-electron chi connectivity index (χ1n) is 35.0. The number of unbranched alkanes of at least 4 members (excludes halogenated alkanes) is 2. The number of aliphatic carboxylic acids is 4. The molecule has 0 aliphatic carbocycles. The van der Waals surface area contributed by atoms with Crippen LogP contribution in [-0.2, 0) is 94.3 Å². The van der Waals surface area contributed by atoms with Crippen LogP contribution in [0.2, 0.25) is 0 Å². The number of nitrogens with two attached hydrogens (primary N) is 2. The number of aromatic amines is 2. The van der Waals surface area contributed by atoms with Gasteiger partial charge in [0.15, 0.2) is 0 Å². The molecule has 3 rings (SSSR count). The summed E-state index contributed by atoms with van der Waals surface area (Å²) in [5, 5.41) is 78.4. The van der Waals surface area contributed by atoms with Crippen molar-refractivity contribution >= 4 is 101 Å². The van der Waals surface area contributed by atoms with Gasteiger partial charge in [0.05, 0.1) is 58.5 Å². The second-order valence-electron chi connectivity index (χ2n) is 25.1. The molecule has 0 radical (unpaired) electrons. The predicted molar refractivity (Wildman–Crippen MR) is 382 cm³/mol. The van der Waals surface area contributed by atoms with Gasteiger partial charge in [-0.1, -0.05) is 18.2 Å². The molecule has 43 nitrogen and oxygen atoms in total.